The Balaban J connectivity index is 1.94. The van der Waals surface area contributed by atoms with Crippen molar-refractivity contribution in [1.29, 1.82) is 0 Å². The van der Waals surface area contributed by atoms with Crippen molar-refractivity contribution in [3.63, 3.8) is 0 Å². The lowest BCUT2D eigenvalue weighted by atomic mass is 9.86. The van der Waals surface area contributed by atoms with Crippen LogP contribution in [0.1, 0.15) is 57.7 Å². The molecule has 1 fully saturated rings. The van der Waals surface area contributed by atoms with Gasteiger partial charge in [-0.25, -0.2) is 16.8 Å². The molecule has 38 heavy (non-hydrogen) atoms. The molecule has 0 aliphatic carbocycles. The van der Waals surface area contributed by atoms with Crippen molar-refractivity contribution in [2.45, 2.75) is 72.6 Å². The molecule has 0 saturated carbocycles. The van der Waals surface area contributed by atoms with Gasteiger partial charge in [0.15, 0.2) is 15.4 Å². The monoisotopic (exact) mass is 555 g/mol. The van der Waals surface area contributed by atoms with Crippen LogP contribution in [0.4, 0.5) is 0 Å². The molecule has 0 aromatic heterocycles. The predicted octanol–water partition coefficient (Wildman–Crippen LogP) is 5.20. The summed E-state index contributed by atoms with van der Waals surface area (Å²) in [6.45, 7) is 7.50. The molecule has 0 bridgehead atoms. The van der Waals surface area contributed by atoms with Crippen molar-refractivity contribution in [3.05, 3.63) is 96.1 Å². The van der Waals surface area contributed by atoms with Gasteiger partial charge in [-0.15, -0.1) is 0 Å². The van der Waals surface area contributed by atoms with Crippen LogP contribution >= 0.6 is 0 Å². The first-order valence-corrected chi connectivity index (χ1v) is 15.4. The van der Waals surface area contributed by atoms with Crippen molar-refractivity contribution in [2.24, 2.45) is 0 Å². The average molecular weight is 556 g/mol. The van der Waals surface area contributed by atoms with Crippen LogP contribution in [-0.4, -0.2) is 43.0 Å². The van der Waals surface area contributed by atoms with Gasteiger partial charge in [0.05, 0.1) is 21.1 Å². The molecular weight excluding hydrogens is 522 g/mol. The van der Waals surface area contributed by atoms with Gasteiger partial charge in [0.1, 0.15) is 0 Å². The molecule has 202 valence electrons. The van der Waals surface area contributed by atoms with Crippen molar-refractivity contribution in [3.8, 4) is 0 Å². The number of carboxylic acid groups (broad SMARTS) is 1. The topological polar surface area (TPSA) is 109 Å². The Kier molecular flexibility index (Phi) is 7.33. The Morgan fingerprint density at radius 1 is 0.868 bits per heavy atom. The highest BCUT2D eigenvalue weighted by atomic mass is 32.2. The van der Waals surface area contributed by atoms with Crippen LogP contribution in [0, 0.1) is 0 Å². The summed E-state index contributed by atoms with van der Waals surface area (Å²) in [5.74, 6) is -1.49. The van der Waals surface area contributed by atoms with Gasteiger partial charge in [-0.1, -0.05) is 81.4 Å². The van der Waals surface area contributed by atoms with Gasteiger partial charge in [-0.2, -0.15) is 4.31 Å². The lowest BCUT2D eigenvalue weighted by Gasteiger charge is -2.40. The van der Waals surface area contributed by atoms with Gasteiger partial charge >= 0.3 is 5.97 Å². The summed E-state index contributed by atoms with van der Waals surface area (Å²) in [7, 11) is -8.65. The quantitative estimate of drug-likeness (QED) is 0.430. The molecule has 1 aliphatic rings. The third kappa shape index (κ3) is 4.67. The Hall–Kier alpha value is -3.01. The Morgan fingerprint density at radius 2 is 1.37 bits per heavy atom. The third-order valence-corrected chi connectivity index (χ3v) is 11.7. The van der Waals surface area contributed by atoms with E-state index in [1.54, 1.807) is 36.4 Å². The van der Waals surface area contributed by atoms with Crippen LogP contribution < -0.4 is 0 Å². The fourth-order valence-electron chi connectivity index (χ4n) is 5.29. The van der Waals surface area contributed by atoms with Crippen LogP contribution in [0.3, 0.4) is 0 Å². The number of aliphatic carboxylic acids is 1. The minimum absolute atomic E-state index is 0.0526. The molecule has 0 radical (unpaired) electrons. The van der Waals surface area contributed by atoms with Crippen LogP contribution in [0.25, 0.3) is 0 Å². The van der Waals surface area contributed by atoms with Gasteiger partial charge in [0, 0.05) is 0 Å². The van der Waals surface area contributed by atoms with Crippen LogP contribution in [0.5, 0.6) is 0 Å². The maximum absolute atomic E-state index is 14.2. The lowest BCUT2D eigenvalue weighted by molar-refractivity contribution is -0.147. The van der Waals surface area contributed by atoms with Crippen molar-refractivity contribution in [2.75, 3.05) is 0 Å². The number of hydrogen-bond donors (Lipinski definition) is 1. The summed E-state index contributed by atoms with van der Waals surface area (Å²) in [4.78, 5) is 13.0. The maximum atomic E-state index is 14.2. The average Bonchev–Trinajstić information content (AvgIpc) is 3.31. The number of hydrogen-bond acceptors (Lipinski definition) is 5. The zero-order valence-electron chi connectivity index (χ0n) is 21.9. The summed E-state index contributed by atoms with van der Waals surface area (Å²) >= 11 is 0. The van der Waals surface area contributed by atoms with E-state index in [1.165, 1.54) is 31.2 Å². The van der Waals surface area contributed by atoms with Gasteiger partial charge in [0.2, 0.25) is 10.0 Å². The van der Waals surface area contributed by atoms with Gasteiger partial charge in [0.25, 0.3) is 0 Å². The highest BCUT2D eigenvalue weighted by Crippen LogP contribution is 2.50. The summed E-state index contributed by atoms with van der Waals surface area (Å²) in [5.41, 5.74) is -0.699. The SMILES string of the molecule is CC(C1(C(=O)O)CCC(c2ccc(C(C)(C)C)cc2)N1S(=O)(=O)c1ccccc1)S(=O)(=O)c1ccccc1. The number of benzene rings is 3. The second-order valence-electron chi connectivity index (χ2n) is 10.8. The first-order valence-electron chi connectivity index (χ1n) is 12.5. The second-order valence-corrected chi connectivity index (χ2v) is 14.9. The molecule has 1 heterocycles. The van der Waals surface area contributed by atoms with E-state index in [0.29, 0.717) is 5.56 Å². The van der Waals surface area contributed by atoms with Crippen molar-refractivity contribution in [1.82, 2.24) is 4.31 Å². The molecule has 7 nitrogen and oxygen atoms in total. The van der Waals surface area contributed by atoms with E-state index in [-0.39, 0.29) is 28.0 Å². The minimum atomic E-state index is -4.43. The molecule has 1 N–H and O–H groups in total. The molecule has 3 unspecified atom stereocenters. The highest BCUT2D eigenvalue weighted by Gasteiger charge is 2.63. The molecule has 3 aromatic rings. The van der Waals surface area contributed by atoms with E-state index >= 15 is 0 Å². The summed E-state index contributed by atoms with van der Waals surface area (Å²) in [5, 5.41) is 9.11. The predicted molar refractivity (Wildman–Crippen MR) is 146 cm³/mol. The maximum Gasteiger partial charge on any atom is 0.326 e. The van der Waals surface area contributed by atoms with E-state index in [4.69, 9.17) is 0 Å². The Bertz CT molecular complexity index is 1510. The molecule has 0 spiro atoms. The van der Waals surface area contributed by atoms with E-state index in [2.05, 4.69) is 20.8 Å². The second kappa shape index (κ2) is 9.94. The van der Waals surface area contributed by atoms with Gasteiger partial charge in [-0.05, 0) is 60.6 Å². The smallest absolute Gasteiger partial charge is 0.326 e. The molecule has 0 amide bonds. The fraction of sp³-hybridized carbons (Fsp3) is 0.345. The molecule has 3 atom stereocenters. The van der Waals surface area contributed by atoms with Gasteiger partial charge in [-0.3, -0.25) is 4.79 Å². The normalized spacial score (nSPS) is 21.7. The largest absolute Gasteiger partial charge is 0.480 e. The summed E-state index contributed by atoms with van der Waals surface area (Å²) < 4.78 is 56.9. The first-order chi connectivity index (χ1) is 17.7. The van der Waals surface area contributed by atoms with Crippen LogP contribution in [0.15, 0.2) is 94.7 Å². The first kappa shape index (κ1) is 28.0. The number of carboxylic acids is 1. The number of rotatable bonds is 7. The highest BCUT2D eigenvalue weighted by molar-refractivity contribution is 7.92. The number of carbonyl (C=O) groups is 1. The van der Waals surface area contributed by atoms with E-state index in [9.17, 15) is 26.7 Å². The van der Waals surface area contributed by atoms with Crippen molar-refractivity contribution < 1.29 is 26.7 Å². The fourth-order valence-corrected chi connectivity index (χ4v) is 9.19. The van der Waals surface area contributed by atoms with Crippen LogP contribution in [-0.2, 0) is 30.1 Å². The van der Waals surface area contributed by atoms with E-state index in [0.717, 1.165) is 9.87 Å². The molecule has 1 saturated heterocycles. The molecule has 3 aromatic carbocycles. The zero-order valence-corrected chi connectivity index (χ0v) is 23.5. The number of sulfonamides is 1. The van der Waals surface area contributed by atoms with Crippen LogP contribution in [0.2, 0.25) is 0 Å². The minimum Gasteiger partial charge on any atom is -0.480 e. The lowest BCUT2D eigenvalue weighted by Crippen LogP contribution is -2.61. The van der Waals surface area contributed by atoms with Gasteiger partial charge < -0.3 is 5.11 Å². The summed E-state index contributed by atoms with van der Waals surface area (Å²) in [6, 6.07) is 21.7. The number of sulfone groups is 1. The molecular formula is C29H33NO6S2. The van der Waals surface area contributed by atoms with E-state index < -0.39 is 42.7 Å². The molecule has 1 aliphatic heterocycles. The summed E-state index contributed by atoms with van der Waals surface area (Å²) in [6.07, 6.45) is -0.00477. The standard InChI is InChI=1S/C29H33NO6S2/c1-21(37(33,34)24-11-7-5-8-12-24)29(27(31)32)20-19-26(22-15-17-23(18-16-22)28(2,3)4)30(29)38(35,36)25-13-9-6-10-14-25/h5-18,21,26H,19-20H2,1-4H3,(H,31,32). The van der Waals surface area contributed by atoms with Crippen molar-refractivity contribution >= 4 is 25.8 Å². The Labute approximate surface area is 225 Å². The third-order valence-electron chi connectivity index (χ3n) is 7.52. The zero-order chi connectivity index (χ0) is 27.9. The number of nitrogens with zero attached hydrogens (tertiary/aromatic N) is 1. The Morgan fingerprint density at radius 3 is 1.84 bits per heavy atom. The molecule has 4 rings (SSSR count). The van der Waals surface area contributed by atoms with E-state index in [1.807, 2.05) is 24.3 Å². The molecule has 9 heteroatoms.